The van der Waals surface area contributed by atoms with Crippen molar-refractivity contribution in [1.29, 1.82) is 0 Å². The van der Waals surface area contributed by atoms with Crippen LogP contribution in [0.3, 0.4) is 0 Å². The molecule has 0 fully saturated rings. The van der Waals surface area contributed by atoms with Crippen molar-refractivity contribution in [2.45, 2.75) is 51.9 Å². The van der Waals surface area contributed by atoms with Crippen LogP contribution in [-0.4, -0.2) is 18.8 Å². The maximum absolute atomic E-state index is 14.6. The van der Waals surface area contributed by atoms with Gasteiger partial charge in [-0.15, -0.1) is 0 Å². The summed E-state index contributed by atoms with van der Waals surface area (Å²) < 4.78 is 20.0. The molecule has 0 atom stereocenters. The number of aliphatic hydroxyl groups is 1. The average Bonchev–Trinajstić information content (AvgIpc) is 2.85. The molecule has 0 aromatic heterocycles. The van der Waals surface area contributed by atoms with Crippen molar-refractivity contribution < 1.29 is 24.0 Å². The number of aryl methyl sites for hydroxylation is 1. The Bertz CT molecular complexity index is 984. The zero-order valence-corrected chi connectivity index (χ0v) is 20.2. The van der Waals surface area contributed by atoms with E-state index in [0.717, 1.165) is 41.5 Å². The number of halogens is 1. The Morgan fingerprint density at radius 2 is 1.85 bits per heavy atom. The van der Waals surface area contributed by atoms with Crippen molar-refractivity contribution in [1.82, 2.24) is 0 Å². The summed E-state index contributed by atoms with van der Waals surface area (Å²) in [6.07, 6.45) is 12.4. The maximum Gasteiger partial charge on any atom is 0.182 e. The van der Waals surface area contributed by atoms with Crippen molar-refractivity contribution in [2.24, 2.45) is 5.73 Å². The molecule has 0 unspecified atom stereocenters. The number of hydrogen-bond acceptors (Lipinski definition) is 5. The number of methoxy groups -OCH3 is 1. The first kappa shape index (κ1) is 27.0. The van der Waals surface area contributed by atoms with Gasteiger partial charge in [0.1, 0.15) is 18.2 Å². The van der Waals surface area contributed by atoms with E-state index in [1.807, 2.05) is 30.4 Å². The van der Waals surface area contributed by atoms with Crippen molar-refractivity contribution >= 4 is 5.57 Å². The van der Waals surface area contributed by atoms with E-state index in [4.69, 9.17) is 25.4 Å². The Balaban J connectivity index is 2.02. The van der Waals surface area contributed by atoms with Gasteiger partial charge in [-0.25, -0.2) is 4.39 Å². The van der Waals surface area contributed by atoms with Gasteiger partial charge >= 0.3 is 0 Å². The molecule has 2 rings (SSSR count). The Hall–Kier alpha value is -3.25. The summed E-state index contributed by atoms with van der Waals surface area (Å²) in [5.41, 5.74) is 8.95. The normalized spacial score (nSPS) is 11.6. The first-order chi connectivity index (χ1) is 16.5. The molecule has 34 heavy (non-hydrogen) atoms. The van der Waals surface area contributed by atoms with Crippen LogP contribution in [0.1, 0.15) is 55.7 Å². The molecule has 0 aliphatic carbocycles. The lowest BCUT2D eigenvalue weighted by molar-refractivity contribution is -0.172. The molecule has 3 N–H and O–H groups in total. The summed E-state index contributed by atoms with van der Waals surface area (Å²) in [6, 6.07) is 10.6. The molecule has 2 aromatic carbocycles. The summed E-state index contributed by atoms with van der Waals surface area (Å²) in [6.45, 7) is 5.36. The largest absolute Gasteiger partial charge is 0.497 e. The molecular weight excluding hydrogens is 433 g/mol. The minimum Gasteiger partial charge on any atom is -0.497 e. The highest BCUT2D eigenvalue weighted by Gasteiger charge is 2.07. The van der Waals surface area contributed by atoms with Crippen LogP contribution in [0.5, 0.6) is 11.5 Å². The van der Waals surface area contributed by atoms with E-state index >= 15 is 0 Å². The number of nitrogens with two attached hydrogens (primary N) is 1. The lowest BCUT2D eigenvalue weighted by Crippen LogP contribution is -2.01. The summed E-state index contributed by atoms with van der Waals surface area (Å²) in [7, 11) is 1.56. The molecule has 0 bridgehead atoms. The highest BCUT2D eigenvalue weighted by molar-refractivity contribution is 5.73. The number of benzene rings is 2. The van der Waals surface area contributed by atoms with Gasteiger partial charge in [-0.05, 0) is 59.7 Å². The fourth-order valence-electron chi connectivity index (χ4n) is 3.47. The summed E-state index contributed by atoms with van der Waals surface area (Å²) >= 11 is 0. The third kappa shape index (κ3) is 8.94. The van der Waals surface area contributed by atoms with E-state index in [-0.39, 0.29) is 18.2 Å². The molecule has 0 spiro atoms. The summed E-state index contributed by atoms with van der Waals surface area (Å²) in [4.78, 5) is 10.1. The van der Waals surface area contributed by atoms with Gasteiger partial charge in [-0.3, -0.25) is 9.78 Å². The second kappa shape index (κ2) is 14.8. The zero-order valence-electron chi connectivity index (χ0n) is 20.2. The number of ether oxygens (including phenoxy) is 1. The molecule has 0 aliphatic heterocycles. The molecule has 0 heterocycles. The Labute approximate surface area is 202 Å². The Morgan fingerprint density at radius 3 is 2.53 bits per heavy atom. The van der Waals surface area contributed by atoms with Crippen LogP contribution in [0.25, 0.3) is 5.57 Å². The predicted octanol–water partition coefficient (Wildman–Crippen LogP) is 6.26. The van der Waals surface area contributed by atoms with Gasteiger partial charge < -0.3 is 15.6 Å². The molecule has 0 saturated carbocycles. The second-order valence-electron chi connectivity index (χ2n) is 8.08. The van der Waals surface area contributed by atoms with Crippen LogP contribution < -0.4 is 15.4 Å². The zero-order chi connectivity index (χ0) is 24.8. The van der Waals surface area contributed by atoms with Gasteiger partial charge in [-0.2, -0.15) is 0 Å². The number of aliphatic hydroxyl groups excluding tert-OH is 1. The fourth-order valence-corrected chi connectivity index (χ4v) is 3.47. The van der Waals surface area contributed by atoms with E-state index in [1.54, 1.807) is 25.3 Å². The molecule has 0 amide bonds. The van der Waals surface area contributed by atoms with Gasteiger partial charge in [0.05, 0.1) is 7.11 Å². The highest BCUT2D eigenvalue weighted by atomic mass is 19.1. The highest BCUT2D eigenvalue weighted by Crippen LogP contribution is 2.25. The van der Waals surface area contributed by atoms with E-state index in [1.165, 1.54) is 25.5 Å². The fraction of sp³-hybridized carbons (Fsp3) is 0.357. The Morgan fingerprint density at radius 1 is 1.09 bits per heavy atom. The van der Waals surface area contributed by atoms with Crippen molar-refractivity contribution in [2.75, 3.05) is 13.7 Å². The number of allylic oxidation sites excluding steroid dienone is 3. The van der Waals surface area contributed by atoms with Gasteiger partial charge in [-0.1, -0.05) is 63.5 Å². The van der Waals surface area contributed by atoms with Crippen molar-refractivity contribution in [3.8, 4) is 11.5 Å². The van der Waals surface area contributed by atoms with Crippen LogP contribution in [0.15, 0.2) is 67.1 Å². The lowest BCUT2D eigenvalue weighted by atomic mass is 10.00. The van der Waals surface area contributed by atoms with Crippen LogP contribution >= 0.6 is 0 Å². The average molecular weight is 470 g/mol. The smallest absolute Gasteiger partial charge is 0.182 e. The monoisotopic (exact) mass is 469 g/mol. The molecule has 0 radical (unpaired) electrons. The van der Waals surface area contributed by atoms with E-state index in [9.17, 15) is 4.39 Å². The molecule has 0 aliphatic rings. The molecule has 0 saturated heterocycles. The minimum atomic E-state index is -0.339. The predicted molar refractivity (Wildman–Crippen MR) is 135 cm³/mol. The molecule has 6 heteroatoms. The quantitative estimate of drug-likeness (QED) is 0.106. The molecule has 184 valence electrons. The SMILES string of the molecule is C=C(CO)OOc1cc(C/C=C\C(=C/N)c2ccc(CCCCCCC)c(F)c2)cc(OC)c1. The second-order valence-corrected chi connectivity index (χ2v) is 8.08. The molecule has 5 nitrogen and oxygen atoms in total. The van der Waals surface area contributed by atoms with Crippen molar-refractivity contribution in [3.63, 3.8) is 0 Å². The number of hydrogen-bond donors (Lipinski definition) is 2. The lowest BCUT2D eigenvalue weighted by Gasteiger charge is -2.10. The number of unbranched alkanes of at least 4 members (excludes halogenated alkanes) is 4. The third-order valence-electron chi connectivity index (χ3n) is 5.37. The van der Waals surface area contributed by atoms with Crippen LogP contribution in [0, 0.1) is 5.82 Å². The first-order valence-electron chi connectivity index (χ1n) is 11.7. The van der Waals surface area contributed by atoms with Crippen LogP contribution in [0.2, 0.25) is 0 Å². The van der Waals surface area contributed by atoms with Gasteiger partial charge in [0.2, 0.25) is 0 Å². The Kier molecular flexibility index (Phi) is 11.8. The standard InChI is InChI=1S/C28H36FNO4/c1-4-5-6-7-8-11-23-13-14-24(17-28(23)29)25(19-30)12-9-10-22-15-26(32-3)18-27(16-22)34-33-21(2)20-31/h9,12-19,31H,2,4-8,10-11,20,30H2,1,3H3/b12-9-,25-19+. The molecular formula is C28H36FNO4. The van der Waals surface area contributed by atoms with Crippen molar-refractivity contribution in [3.05, 3.63) is 89.6 Å². The maximum atomic E-state index is 14.6. The summed E-state index contributed by atoms with van der Waals surface area (Å²) in [5.74, 6) is 0.914. The molecule has 2 aromatic rings. The minimum absolute atomic E-state index is 0.0942. The first-order valence-corrected chi connectivity index (χ1v) is 11.7. The van der Waals surface area contributed by atoms with E-state index < -0.39 is 0 Å². The third-order valence-corrected chi connectivity index (χ3v) is 5.37. The topological polar surface area (TPSA) is 73.9 Å². The van der Waals surface area contributed by atoms with Crippen LogP contribution in [0.4, 0.5) is 4.39 Å². The van der Waals surface area contributed by atoms with Gasteiger partial charge in [0.25, 0.3) is 0 Å². The van der Waals surface area contributed by atoms with Gasteiger partial charge in [0.15, 0.2) is 11.5 Å². The summed E-state index contributed by atoms with van der Waals surface area (Å²) in [5, 5.41) is 8.97. The van der Waals surface area contributed by atoms with Gasteiger partial charge in [0, 0.05) is 12.3 Å². The van der Waals surface area contributed by atoms with Crippen LogP contribution in [-0.2, 0) is 17.7 Å². The number of rotatable bonds is 15. The van der Waals surface area contributed by atoms with E-state index in [0.29, 0.717) is 17.9 Å². The van der Waals surface area contributed by atoms with E-state index in [2.05, 4.69) is 13.5 Å².